The normalized spacial score (nSPS) is 18.9. The lowest BCUT2D eigenvalue weighted by molar-refractivity contribution is -0.0901. The molecular formula is C11H11F2NO2. The highest BCUT2D eigenvalue weighted by atomic mass is 19.3. The van der Waals surface area contributed by atoms with Crippen LogP contribution in [0.3, 0.4) is 0 Å². The zero-order chi connectivity index (χ0) is 11.8. The van der Waals surface area contributed by atoms with Crippen LogP contribution in [0.1, 0.15) is 23.2 Å². The number of carbonyl (C=O) groups excluding carboxylic acids is 1. The van der Waals surface area contributed by atoms with Gasteiger partial charge >= 0.3 is 0 Å². The molecule has 1 saturated carbocycles. The Labute approximate surface area is 91.1 Å². The average molecular weight is 227 g/mol. The van der Waals surface area contributed by atoms with Crippen LogP contribution in [-0.2, 0) is 0 Å². The Kier molecular flexibility index (Phi) is 2.53. The minimum atomic E-state index is -2.63. The molecule has 1 amide bonds. The van der Waals surface area contributed by atoms with Crippen LogP contribution in [0.2, 0.25) is 0 Å². The van der Waals surface area contributed by atoms with Gasteiger partial charge in [-0.25, -0.2) is 8.78 Å². The third kappa shape index (κ3) is 2.29. The molecule has 0 spiro atoms. The fourth-order valence-corrected chi connectivity index (χ4v) is 1.64. The number of rotatable bonds is 2. The van der Waals surface area contributed by atoms with Gasteiger partial charge in [0.15, 0.2) is 0 Å². The molecule has 5 heteroatoms. The van der Waals surface area contributed by atoms with Gasteiger partial charge in [-0.3, -0.25) is 4.79 Å². The second kappa shape index (κ2) is 3.73. The van der Waals surface area contributed by atoms with E-state index in [4.69, 9.17) is 5.11 Å². The summed E-state index contributed by atoms with van der Waals surface area (Å²) in [6.45, 7) is 0. The summed E-state index contributed by atoms with van der Waals surface area (Å²) in [6.07, 6.45) is -0.590. The summed E-state index contributed by atoms with van der Waals surface area (Å²) in [5.41, 5.74) is 0.355. The molecule has 86 valence electrons. The average Bonchev–Trinajstić information content (AvgIpc) is 2.15. The first kappa shape index (κ1) is 10.9. The highest BCUT2D eigenvalue weighted by Crippen LogP contribution is 2.37. The molecule has 2 N–H and O–H groups in total. The lowest BCUT2D eigenvalue weighted by Gasteiger charge is -2.35. The fraction of sp³-hybridized carbons (Fsp3) is 0.364. The maximum absolute atomic E-state index is 12.5. The zero-order valence-corrected chi connectivity index (χ0v) is 8.41. The second-order valence-corrected chi connectivity index (χ2v) is 3.98. The van der Waals surface area contributed by atoms with Crippen molar-refractivity contribution >= 4 is 5.91 Å². The molecule has 1 aromatic rings. The van der Waals surface area contributed by atoms with Gasteiger partial charge in [-0.1, -0.05) is 0 Å². The predicted molar refractivity (Wildman–Crippen MR) is 53.5 cm³/mol. The van der Waals surface area contributed by atoms with Crippen molar-refractivity contribution in [2.24, 2.45) is 0 Å². The fourth-order valence-electron chi connectivity index (χ4n) is 1.64. The number of benzene rings is 1. The van der Waals surface area contributed by atoms with Gasteiger partial charge in [-0.05, 0) is 24.3 Å². The Morgan fingerprint density at radius 2 is 1.88 bits per heavy atom. The number of phenolic OH excluding ortho intramolecular Hbond substituents is 1. The summed E-state index contributed by atoms with van der Waals surface area (Å²) in [5, 5.41) is 11.5. The van der Waals surface area contributed by atoms with Crippen molar-refractivity contribution in [1.82, 2.24) is 5.32 Å². The summed E-state index contributed by atoms with van der Waals surface area (Å²) in [6, 6.07) is 5.20. The maximum atomic E-state index is 12.5. The summed E-state index contributed by atoms with van der Waals surface area (Å²) in [5.74, 6) is -2.96. The Morgan fingerprint density at radius 3 is 2.38 bits per heavy atom. The van der Waals surface area contributed by atoms with E-state index in [1.807, 2.05) is 0 Å². The SMILES string of the molecule is O=C(NC1CC(F)(F)C1)c1ccc(O)cc1. The van der Waals surface area contributed by atoms with Crippen LogP contribution in [0.4, 0.5) is 8.78 Å². The smallest absolute Gasteiger partial charge is 0.252 e. The van der Waals surface area contributed by atoms with Crippen LogP contribution >= 0.6 is 0 Å². The number of halogens is 2. The van der Waals surface area contributed by atoms with Gasteiger partial charge in [0.2, 0.25) is 0 Å². The van der Waals surface area contributed by atoms with E-state index in [1.165, 1.54) is 24.3 Å². The van der Waals surface area contributed by atoms with E-state index in [0.717, 1.165) is 0 Å². The molecular weight excluding hydrogens is 216 g/mol. The molecule has 0 unspecified atom stereocenters. The van der Waals surface area contributed by atoms with E-state index in [1.54, 1.807) is 0 Å². The largest absolute Gasteiger partial charge is 0.508 e. The summed E-state index contributed by atoms with van der Waals surface area (Å²) in [7, 11) is 0. The van der Waals surface area contributed by atoms with Gasteiger partial charge in [0.05, 0.1) is 0 Å². The van der Waals surface area contributed by atoms with Crippen molar-refractivity contribution in [3.8, 4) is 5.75 Å². The number of amides is 1. The van der Waals surface area contributed by atoms with E-state index < -0.39 is 12.0 Å². The highest BCUT2D eigenvalue weighted by molar-refractivity contribution is 5.94. The molecule has 1 aromatic carbocycles. The minimum Gasteiger partial charge on any atom is -0.508 e. The van der Waals surface area contributed by atoms with Crippen LogP contribution < -0.4 is 5.32 Å². The molecule has 0 atom stereocenters. The van der Waals surface area contributed by atoms with Crippen molar-refractivity contribution in [1.29, 1.82) is 0 Å². The maximum Gasteiger partial charge on any atom is 0.252 e. The van der Waals surface area contributed by atoms with Crippen molar-refractivity contribution < 1.29 is 18.7 Å². The van der Waals surface area contributed by atoms with Gasteiger partial charge in [-0.2, -0.15) is 0 Å². The number of hydrogen-bond donors (Lipinski definition) is 2. The standard InChI is InChI=1S/C11H11F2NO2/c12-11(13)5-8(6-11)14-10(16)7-1-3-9(15)4-2-7/h1-4,8,15H,5-6H2,(H,14,16). The number of phenols is 1. The number of alkyl halides is 2. The predicted octanol–water partition coefficient (Wildman–Crippen LogP) is 1.92. The van der Waals surface area contributed by atoms with Crippen molar-refractivity contribution in [2.45, 2.75) is 24.8 Å². The minimum absolute atomic E-state index is 0.0618. The third-order valence-corrected chi connectivity index (χ3v) is 2.55. The third-order valence-electron chi connectivity index (χ3n) is 2.55. The summed E-state index contributed by atoms with van der Waals surface area (Å²) < 4.78 is 25.0. The highest BCUT2D eigenvalue weighted by Gasteiger charge is 2.45. The van der Waals surface area contributed by atoms with Crippen molar-refractivity contribution in [2.75, 3.05) is 0 Å². The Bertz CT molecular complexity index is 395. The molecule has 3 nitrogen and oxygen atoms in total. The molecule has 1 aliphatic carbocycles. The first-order valence-electron chi connectivity index (χ1n) is 4.94. The molecule has 0 heterocycles. The van der Waals surface area contributed by atoms with Crippen LogP contribution in [0.15, 0.2) is 24.3 Å². The Morgan fingerprint density at radius 1 is 1.31 bits per heavy atom. The quantitative estimate of drug-likeness (QED) is 0.810. The second-order valence-electron chi connectivity index (χ2n) is 3.98. The first-order valence-corrected chi connectivity index (χ1v) is 4.94. The molecule has 1 fully saturated rings. The van der Waals surface area contributed by atoms with Gasteiger partial charge in [0.1, 0.15) is 5.75 Å². The zero-order valence-electron chi connectivity index (χ0n) is 8.41. The van der Waals surface area contributed by atoms with Crippen LogP contribution in [-0.4, -0.2) is 23.0 Å². The van der Waals surface area contributed by atoms with Crippen LogP contribution in [0, 0.1) is 0 Å². The van der Waals surface area contributed by atoms with Crippen molar-refractivity contribution in [3.63, 3.8) is 0 Å². The Hall–Kier alpha value is -1.65. The molecule has 2 rings (SSSR count). The van der Waals surface area contributed by atoms with Gasteiger partial charge < -0.3 is 10.4 Å². The number of hydrogen-bond acceptors (Lipinski definition) is 2. The molecule has 0 aromatic heterocycles. The van der Waals surface area contributed by atoms with E-state index in [9.17, 15) is 13.6 Å². The number of nitrogens with one attached hydrogen (secondary N) is 1. The lowest BCUT2D eigenvalue weighted by atomic mass is 9.88. The lowest BCUT2D eigenvalue weighted by Crippen LogP contribution is -2.50. The van der Waals surface area contributed by atoms with Crippen LogP contribution in [0.5, 0.6) is 5.75 Å². The molecule has 1 aliphatic rings. The Balaban J connectivity index is 1.92. The van der Waals surface area contributed by atoms with Crippen molar-refractivity contribution in [3.05, 3.63) is 29.8 Å². The van der Waals surface area contributed by atoms with E-state index in [2.05, 4.69) is 5.32 Å². The molecule has 0 bridgehead atoms. The van der Waals surface area contributed by atoms with Gasteiger partial charge in [0.25, 0.3) is 11.8 Å². The monoisotopic (exact) mass is 227 g/mol. The number of aromatic hydroxyl groups is 1. The topological polar surface area (TPSA) is 49.3 Å². The van der Waals surface area contributed by atoms with Gasteiger partial charge in [0, 0.05) is 24.4 Å². The van der Waals surface area contributed by atoms with E-state index in [0.29, 0.717) is 5.56 Å². The summed E-state index contributed by atoms with van der Waals surface area (Å²) in [4.78, 5) is 11.5. The number of carbonyl (C=O) groups is 1. The summed E-state index contributed by atoms with van der Waals surface area (Å²) >= 11 is 0. The molecule has 16 heavy (non-hydrogen) atoms. The van der Waals surface area contributed by atoms with Gasteiger partial charge in [-0.15, -0.1) is 0 Å². The molecule has 0 aliphatic heterocycles. The van der Waals surface area contributed by atoms with Crippen LogP contribution in [0.25, 0.3) is 0 Å². The molecule has 0 saturated heterocycles. The first-order chi connectivity index (χ1) is 7.46. The molecule has 0 radical (unpaired) electrons. The van der Waals surface area contributed by atoms with E-state index >= 15 is 0 Å². The van der Waals surface area contributed by atoms with E-state index in [-0.39, 0.29) is 24.5 Å².